The van der Waals surface area contributed by atoms with E-state index in [1.54, 1.807) is 49.5 Å². The highest BCUT2D eigenvalue weighted by Gasteiger charge is 2.15. The van der Waals surface area contributed by atoms with Crippen molar-refractivity contribution in [1.29, 1.82) is 0 Å². The van der Waals surface area contributed by atoms with Crippen LogP contribution in [0, 0.1) is 19.7 Å². The summed E-state index contributed by atoms with van der Waals surface area (Å²) in [5.74, 6) is -0.712. The summed E-state index contributed by atoms with van der Waals surface area (Å²) in [5.41, 5.74) is 3.42. The van der Waals surface area contributed by atoms with Crippen LogP contribution in [0.1, 0.15) is 21.9 Å². The Hall–Kier alpha value is -3.28. The second-order valence-corrected chi connectivity index (χ2v) is 5.62. The zero-order valence-corrected chi connectivity index (χ0v) is 13.9. The fraction of sp³-hybridized carbons (Fsp3) is 0.105. The lowest BCUT2D eigenvalue weighted by molar-refractivity contribution is 0.102. The van der Waals surface area contributed by atoms with Crippen LogP contribution in [-0.2, 0) is 0 Å². The topological polar surface area (TPSA) is 66.9 Å². The smallest absolute Gasteiger partial charge is 0.276 e. The van der Waals surface area contributed by atoms with E-state index in [2.05, 4.69) is 20.6 Å². The lowest BCUT2D eigenvalue weighted by Crippen LogP contribution is -2.16. The van der Waals surface area contributed by atoms with Crippen molar-refractivity contribution < 1.29 is 9.18 Å². The van der Waals surface area contributed by atoms with Crippen molar-refractivity contribution in [1.82, 2.24) is 9.97 Å². The van der Waals surface area contributed by atoms with Gasteiger partial charge in [0, 0.05) is 29.0 Å². The SMILES string of the molecule is Cc1cc(NC(=O)c2nc(C)ccc2Nc2cccc(F)c2)ccn1. The van der Waals surface area contributed by atoms with E-state index in [1.165, 1.54) is 12.1 Å². The monoisotopic (exact) mass is 336 g/mol. The van der Waals surface area contributed by atoms with Crippen molar-refractivity contribution in [3.8, 4) is 0 Å². The van der Waals surface area contributed by atoms with Gasteiger partial charge in [-0.25, -0.2) is 9.37 Å². The number of anilines is 3. The van der Waals surface area contributed by atoms with E-state index >= 15 is 0 Å². The van der Waals surface area contributed by atoms with Gasteiger partial charge in [0.1, 0.15) is 5.82 Å². The number of amides is 1. The molecule has 0 radical (unpaired) electrons. The predicted molar refractivity (Wildman–Crippen MR) is 95.6 cm³/mol. The molecule has 5 nitrogen and oxygen atoms in total. The molecule has 0 bridgehead atoms. The summed E-state index contributed by atoms with van der Waals surface area (Å²) in [5, 5.41) is 5.85. The van der Waals surface area contributed by atoms with E-state index in [4.69, 9.17) is 0 Å². The van der Waals surface area contributed by atoms with Crippen LogP contribution in [-0.4, -0.2) is 15.9 Å². The van der Waals surface area contributed by atoms with Crippen molar-refractivity contribution in [3.05, 3.63) is 77.6 Å². The Morgan fingerprint density at radius 1 is 1.00 bits per heavy atom. The first-order valence-corrected chi connectivity index (χ1v) is 7.75. The number of carbonyl (C=O) groups is 1. The minimum Gasteiger partial charge on any atom is -0.354 e. The number of carbonyl (C=O) groups excluding carboxylic acids is 1. The van der Waals surface area contributed by atoms with E-state index < -0.39 is 0 Å². The van der Waals surface area contributed by atoms with Crippen molar-refractivity contribution in [2.75, 3.05) is 10.6 Å². The molecule has 0 atom stereocenters. The Morgan fingerprint density at radius 3 is 2.60 bits per heavy atom. The Bertz CT molecular complexity index is 927. The first-order chi connectivity index (χ1) is 12.0. The van der Waals surface area contributed by atoms with E-state index in [9.17, 15) is 9.18 Å². The number of benzene rings is 1. The first-order valence-electron chi connectivity index (χ1n) is 7.75. The molecule has 1 amide bonds. The third kappa shape index (κ3) is 4.17. The Kier molecular flexibility index (Phi) is 4.70. The molecule has 6 heteroatoms. The lowest BCUT2D eigenvalue weighted by atomic mass is 10.2. The summed E-state index contributed by atoms with van der Waals surface area (Å²) in [4.78, 5) is 21.1. The molecular formula is C19H17FN4O. The molecular weight excluding hydrogens is 319 g/mol. The summed E-state index contributed by atoms with van der Waals surface area (Å²) < 4.78 is 13.4. The number of hydrogen-bond acceptors (Lipinski definition) is 4. The summed E-state index contributed by atoms with van der Waals surface area (Å²) in [6, 6.07) is 13.0. The third-order valence-electron chi connectivity index (χ3n) is 3.51. The van der Waals surface area contributed by atoms with Gasteiger partial charge in [0.05, 0.1) is 5.69 Å². The van der Waals surface area contributed by atoms with Gasteiger partial charge in [-0.2, -0.15) is 0 Å². The highest BCUT2D eigenvalue weighted by molar-refractivity contribution is 6.07. The number of rotatable bonds is 4. The Balaban J connectivity index is 1.89. The van der Waals surface area contributed by atoms with Crippen molar-refractivity contribution in [2.24, 2.45) is 0 Å². The van der Waals surface area contributed by atoms with Crippen LogP contribution in [0.5, 0.6) is 0 Å². The first kappa shape index (κ1) is 16.6. The molecule has 3 aromatic rings. The van der Waals surface area contributed by atoms with Gasteiger partial charge in [-0.3, -0.25) is 9.78 Å². The zero-order chi connectivity index (χ0) is 17.8. The molecule has 2 N–H and O–H groups in total. The van der Waals surface area contributed by atoms with Gasteiger partial charge in [0.15, 0.2) is 5.69 Å². The van der Waals surface area contributed by atoms with Crippen LogP contribution in [0.4, 0.5) is 21.5 Å². The molecule has 1 aromatic carbocycles. The van der Waals surface area contributed by atoms with Crippen molar-refractivity contribution >= 4 is 23.0 Å². The summed E-state index contributed by atoms with van der Waals surface area (Å²) in [6.45, 7) is 3.65. The molecule has 0 fully saturated rings. The molecule has 3 rings (SSSR count). The molecule has 2 aromatic heterocycles. The number of nitrogens with one attached hydrogen (secondary N) is 2. The lowest BCUT2D eigenvalue weighted by Gasteiger charge is -2.12. The largest absolute Gasteiger partial charge is 0.354 e. The van der Waals surface area contributed by atoms with Gasteiger partial charge in [-0.05, 0) is 56.3 Å². The molecule has 0 aliphatic carbocycles. The number of aryl methyl sites for hydroxylation is 2. The molecule has 0 aliphatic rings. The molecule has 126 valence electrons. The number of halogens is 1. The van der Waals surface area contributed by atoms with E-state index in [0.717, 1.165) is 5.69 Å². The molecule has 0 saturated carbocycles. The van der Waals surface area contributed by atoms with E-state index in [1.807, 2.05) is 6.92 Å². The van der Waals surface area contributed by atoms with Crippen LogP contribution in [0.2, 0.25) is 0 Å². The minimum absolute atomic E-state index is 0.235. The zero-order valence-electron chi connectivity index (χ0n) is 13.9. The van der Waals surface area contributed by atoms with Crippen molar-refractivity contribution in [2.45, 2.75) is 13.8 Å². The fourth-order valence-electron chi connectivity index (χ4n) is 2.37. The van der Waals surface area contributed by atoms with E-state index in [0.29, 0.717) is 22.8 Å². The van der Waals surface area contributed by atoms with Crippen LogP contribution in [0.25, 0.3) is 0 Å². The van der Waals surface area contributed by atoms with Crippen LogP contribution < -0.4 is 10.6 Å². The molecule has 25 heavy (non-hydrogen) atoms. The molecule has 0 unspecified atom stereocenters. The van der Waals surface area contributed by atoms with E-state index in [-0.39, 0.29) is 17.4 Å². The number of pyridine rings is 2. The third-order valence-corrected chi connectivity index (χ3v) is 3.51. The maximum absolute atomic E-state index is 13.4. The van der Waals surface area contributed by atoms with Gasteiger partial charge in [-0.15, -0.1) is 0 Å². The predicted octanol–water partition coefficient (Wildman–Crippen LogP) is 4.23. The highest BCUT2D eigenvalue weighted by atomic mass is 19.1. The number of nitrogens with zero attached hydrogens (tertiary/aromatic N) is 2. The van der Waals surface area contributed by atoms with Gasteiger partial charge in [0.25, 0.3) is 5.91 Å². The Labute approximate surface area is 145 Å². The van der Waals surface area contributed by atoms with Gasteiger partial charge >= 0.3 is 0 Å². The number of aromatic nitrogens is 2. The minimum atomic E-state index is -0.358. The molecule has 0 aliphatic heterocycles. The van der Waals surface area contributed by atoms with Gasteiger partial charge in [-0.1, -0.05) is 6.07 Å². The second-order valence-electron chi connectivity index (χ2n) is 5.62. The normalized spacial score (nSPS) is 10.4. The average Bonchev–Trinajstić information content (AvgIpc) is 2.56. The molecule has 0 spiro atoms. The maximum Gasteiger partial charge on any atom is 0.276 e. The molecule has 0 saturated heterocycles. The second kappa shape index (κ2) is 7.09. The van der Waals surface area contributed by atoms with Crippen molar-refractivity contribution in [3.63, 3.8) is 0 Å². The quantitative estimate of drug-likeness (QED) is 0.748. The Morgan fingerprint density at radius 2 is 1.84 bits per heavy atom. The fourth-order valence-corrected chi connectivity index (χ4v) is 2.37. The van der Waals surface area contributed by atoms with Gasteiger partial charge < -0.3 is 10.6 Å². The summed E-state index contributed by atoms with van der Waals surface area (Å²) in [7, 11) is 0. The van der Waals surface area contributed by atoms with Crippen LogP contribution >= 0.6 is 0 Å². The highest BCUT2D eigenvalue weighted by Crippen LogP contribution is 2.22. The molecule has 2 heterocycles. The van der Waals surface area contributed by atoms with Crippen LogP contribution in [0.15, 0.2) is 54.7 Å². The standard InChI is InChI=1S/C19H17FN4O/c1-12-6-7-17(23-15-5-3-4-14(20)11-15)18(22-12)19(25)24-16-8-9-21-13(2)10-16/h3-11,23H,1-2H3,(H,21,24,25). The van der Waals surface area contributed by atoms with Gasteiger partial charge in [0.2, 0.25) is 0 Å². The number of hydrogen-bond donors (Lipinski definition) is 2. The van der Waals surface area contributed by atoms with Crippen LogP contribution in [0.3, 0.4) is 0 Å². The maximum atomic E-state index is 13.4. The summed E-state index contributed by atoms with van der Waals surface area (Å²) in [6.07, 6.45) is 1.63. The average molecular weight is 336 g/mol. The summed E-state index contributed by atoms with van der Waals surface area (Å²) >= 11 is 0.